The molecule has 0 saturated heterocycles. The van der Waals surface area contributed by atoms with Gasteiger partial charge in [0, 0.05) is 0 Å². The Morgan fingerprint density at radius 3 is 2.47 bits per heavy atom. The number of carboxylic acids is 1. The first-order valence-corrected chi connectivity index (χ1v) is 6.12. The number of amides is 1. The van der Waals surface area contributed by atoms with Crippen molar-refractivity contribution < 1.29 is 19.1 Å². The fourth-order valence-electron chi connectivity index (χ4n) is 2.41. The molecule has 1 aliphatic carbocycles. The number of carbonyl (C=O) groups is 2. The monoisotopic (exact) mass is 285 g/mol. The van der Waals surface area contributed by atoms with Crippen molar-refractivity contribution in [1.82, 2.24) is 0 Å². The molecule has 102 valence electrons. The Morgan fingerprint density at radius 2 is 2.00 bits per heavy atom. The maximum absolute atomic E-state index is 13.5. The molecule has 0 heterocycles. The Kier molecular flexibility index (Phi) is 3.26. The van der Waals surface area contributed by atoms with Crippen molar-refractivity contribution in [1.29, 1.82) is 0 Å². The fraction of sp³-hybridized carbons (Fsp3) is 0.385. The molecule has 1 aromatic rings. The fourth-order valence-corrected chi connectivity index (χ4v) is 2.62. The molecule has 4 nitrogen and oxygen atoms in total. The third kappa shape index (κ3) is 2.30. The van der Waals surface area contributed by atoms with Gasteiger partial charge >= 0.3 is 5.97 Å². The number of carboxylic acid groups (broad SMARTS) is 1. The van der Waals surface area contributed by atoms with Gasteiger partial charge in [0.1, 0.15) is 5.82 Å². The molecule has 1 saturated carbocycles. The van der Waals surface area contributed by atoms with Gasteiger partial charge in [0.15, 0.2) is 0 Å². The summed E-state index contributed by atoms with van der Waals surface area (Å²) < 4.78 is 13.5. The number of carbonyl (C=O) groups excluding carboxylic acids is 1. The van der Waals surface area contributed by atoms with Gasteiger partial charge in [-0.3, -0.25) is 9.59 Å². The molecule has 6 heteroatoms. The molecule has 2 unspecified atom stereocenters. The minimum absolute atomic E-state index is 0.0821. The topological polar surface area (TPSA) is 66.4 Å². The highest BCUT2D eigenvalue weighted by Crippen LogP contribution is 2.58. The summed E-state index contributed by atoms with van der Waals surface area (Å²) >= 11 is 5.80. The third-order valence-electron chi connectivity index (χ3n) is 3.59. The first-order valence-electron chi connectivity index (χ1n) is 5.74. The van der Waals surface area contributed by atoms with Crippen LogP contribution in [0, 0.1) is 23.1 Å². The Morgan fingerprint density at radius 1 is 1.37 bits per heavy atom. The summed E-state index contributed by atoms with van der Waals surface area (Å²) in [6, 6.07) is 4.05. The third-order valence-corrected chi connectivity index (χ3v) is 3.90. The summed E-state index contributed by atoms with van der Waals surface area (Å²) in [4.78, 5) is 23.0. The van der Waals surface area contributed by atoms with E-state index in [-0.39, 0.29) is 10.7 Å². The molecule has 0 bridgehead atoms. The van der Waals surface area contributed by atoms with Crippen molar-refractivity contribution in [3.05, 3.63) is 29.0 Å². The lowest BCUT2D eigenvalue weighted by Gasteiger charge is -2.08. The molecule has 2 rings (SSSR count). The number of aliphatic carboxylic acids is 1. The van der Waals surface area contributed by atoms with Crippen molar-refractivity contribution >= 4 is 29.2 Å². The predicted octanol–water partition coefficient (Wildman–Crippen LogP) is 2.77. The van der Waals surface area contributed by atoms with Crippen molar-refractivity contribution in [2.45, 2.75) is 13.8 Å². The van der Waals surface area contributed by atoms with Gasteiger partial charge in [-0.15, -0.1) is 0 Å². The Hall–Kier alpha value is -1.62. The van der Waals surface area contributed by atoms with Crippen LogP contribution in [0.15, 0.2) is 18.2 Å². The highest BCUT2D eigenvalue weighted by atomic mass is 35.5. The zero-order chi connectivity index (χ0) is 14.4. The standard InChI is InChI=1S/C13H13ClFNO3/c1-13(2)8(9(13)12(18)19)11(17)16-10-6(14)4-3-5-7(10)15/h3-5,8-9H,1-2H3,(H,16,17)(H,18,19). The van der Waals surface area contributed by atoms with E-state index in [2.05, 4.69) is 5.32 Å². The Balaban J connectivity index is 2.18. The van der Waals surface area contributed by atoms with E-state index in [9.17, 15) is 14.0 Å². The van der Waals surface area contributed by atoms with Gasteiger partial charge in [-0.1, -0.05) is 31.5 Å². The first kappa shape index (κ1) is 13.8. The minimum atomic E-state index is -1.02. The minimum Gasteiger partial charge on any atom is -0.481 e. The SMILES string of the molecule is CC1(C)C(C(=O)O)C1C(=O)Nc1c(F)cccc1Cl. The highest BCUT2D eigenvalue weighted by Gasteiger charge is 2.65. The molecule has 0 aliphatic heterocycles. The molecular formula is C13H13ClFNO3. The smallest absolute Gasteiger partial charge is 0.307 e. The van der Waals surface area contributed by atoms with Gasteiger partial charge in [-0.2, -0.15) is 0 Å². The Labute approximate surface area is 114 Å². The van der Waals surface area contributed by atoms with E-state index in [0.29, 0.717) is 0 Å². The van der Waals surface area contributed by atoms with Gasteiger partial charge in [0.05, 0.1) is 22.5 Å². The van der Waals surface area contributed by atoms with Crippen LogP contribution in [0.1, 0.15) is 13.8 Å². The quantitative estimate of drug-likeness (QED) is 0.897. The molecule has 0 aromatic heterocycles. The van der Waals surface area contributed by atoms with Gasteiger partial charge in [0.25, 0.3) is 0 Å². The molecule has 1 fully saturated rings. The van der Waals surface area contributed by atoms with Gasteiger partial charge in [-0.25, -0.2) is 4.39 Å². The summed E-state index contributed by atoms with van der Waals surface area (Å²) in [5.41, 5.74) is -0.741. The summed E-state index contributed by atoms with van der Waals surface area (Å²) in [6.45, 7) is 3.39. The highest BCUT2D eigenvalue weighted by molar-refractivity contribution is 6.33. The van der Waals surface area contributed by atoms with Crippen LogP contribution in [0.3, 0.4) is 0 Å². The molecule has 0 spiro atoms. The van der Waals surface area contributed by atoms with Crippen molar-refractivity contribution in [2.24, 2.45) is 17.3 Å². The van der Waals surface area contributed by atoms with E-state index in [1.807, 2.05) is 0 Å². The van der Waals surface area contributed by atoms with E-state index in [4.69, 9.17) is 16.7 Å². The number of para-hydroxylation sites is 1. The van der Waals surface area contributed by atoms with E-state index in [0.717, 1.165) is 0 Å². The second-order valence-corrected chi connectivity index (χ2v) is 5.61. The van der Waals surface area contributed by atoms with Crippen LogP contribution in [0.5, 0.6) is 0 Å². The first-order chi connectivity index (χ1) is 8.76. The second kappa shape index (κ2) is 4.49. The second-order valence-electron chi connectivity index (χ2n) is 5.20. The summed E-state index contributed by atoms with van der Waals surface area (Å²) in [7, 11) is 0. The molecule has 1 amide bonds. The maximum Gasteiger partial charge on any atom is 0.307 e. The van der Waals surface area contributed by atoms with Gasteiger partial charge in [-0.05, 0) is 17.5 Å². The molecule has 2 N–H and O–H groups in total. The number of anilines is 1. The van der Waals surface area contributed by atoms with E-state index < -0.39 is 34.9 Å². The maximum atomic E-state index is 13.5. The zero-order valence-corrected chi connectivity index (χ0v) is 11.2. The lowest BCUT2D eigenvalue weighted by molar-refractivity contribution is -0.140. The van der Waals surface area contributed by atoms with Gasteiger partial charge in [0.2, 0.25) is 5.91 Å². The van der Waals surface area contributed by atoms with Crippen LogP contribution >= 0.6 is 11.6 Å². The van der Waals surface area contributed by atoms with Crippen molar-refractivity contribution in [2.75, 3.05) is 5.32 Å². The van der Waals surface area contributed by atoms with Crippen LogP contribution in [0.4, 0.5) is 10.1 Å². The van der Waals surface area contributed by atoms with Crippen LogP contribution in [0.25, 0.3) is 0 Å². The largest absolute Gasteiger partial charge is 0.481 e. The van der Waals surface area contributed by atoms with E-state index in [1.54, 1.807) is 13.8 Å². The number of rotatable bonds is 3. The van der Waals surface area contributed by atoms with E-state index >= 15 is 0 Å². The van der Waals surface area contributed by atoms with Crippen LogP contribution < -0.4 is 5.32 Å². The predicted molar refractivity (Wildman–Crippen MR) is 68.4 cm³/mol. The zero-order valence-electron chi connectivity index (χ0n) is 10.4. The molecule has 0 radical (unpaired) electrons. The lowest BCUT2D eigenvalue weighted by Crippen LogP contribution is -2.18. The molecule has 2 atom stereocenters. The summed E-state index contributed by atoms with van der Waals surface area (Å²) in [5, 5.41) is 11.5. The average Bonchev–Trinajstić information content (AvgIpc) is 2.87. The molecule has 19 heavy (non-hydrogen) atoms. The molecule has 1 aromatic carbocycles. The number of nitrogens with one attached hydrogen (secondary N) is 1. The summed E-state index contributed by atoms with van der Waals surface area (Å²) in [5.74, 6) is -3.63. The van der Waals surface area contributed by atoms with Crippen LogP contribution in [-0.4, -0.2) is 17.0 Å². The summed E-state index contributed by atoms with van der Waals surface area (Å²) in [6.07, 6.45) is 0. The number of benzene rings is 1. The van der Waals surface area contributed by atoms with E-state index in [1.165, 1.54) is 18.2 Å². The number of hydrogen-bond donors (Lipinski definition) is 2. The number of halogens is 2. The molecule has 1 aliphatic rings. The van der Waals surface area contributed by atoms with Crippen molar-refractivity contribution in [3.63, 3.8) is 0 Å². The lowest BCUT2D eigenvalue weighted by atomic mass is 10.1. The average molecular weight is 286 g/mol. The normalized spacial score (nSPS) is 23.8. The van der Waals surface area contributed by atoms with Crippen molar-refractivity contribution in [3.8, 4) is 0 Å². The number of hydrogen-bond acceptors (Lipinski definition) is 2. The van der Waals surface area contributed by atoms with Gasteiger partial charge < -0.3 is 10.4 Å². The van der Waals surface area contributed by atoms with Crippen LogP contribution in [0.2, 0.25) is 5.02 Å². The Bertz CT molecular complexity index is 539. The molecular weight excluding hydrogens is 273 g/mol. The van der Waals surface area contributed by atoms with Crippen LogP contribution in [-0.2, 0) is 9.59 Å².